The molecule has 0 aliphatic carbocycles. The first-order valence-electron chi connectivity index (χ1n) is 7.75. The average Bonchev–Trinajstić information content (AvgIpc) is 3.22. The van der Waals surface area contributed by atoms with E-state index in [0.29, 0.717) is 23.1 Å². The number of thiazole rings is 1. The van der Waals surface area contributed by atoms with Gasteiger partial charge in [0, 0.05) is 5.38 Å². The minimum absolute atomic E-state index is 0.0280. The van der Waals surface area contributed by atoms with Crippen molar-refractivity contribution >= 4 is 22.1 Å². The molecule has 0 N–H and O–H groups in total. The molecule has 0 saturated heterocycles. The van der Waals surface area contributed by atoms with Crippen LogP contribution >= 0.6 is 11.3 Å². The molecule has 8 heteroatoms. The molecule has 26 heavy (non-hydrogen) atoms. The van der Waals surface area contributed by atoms with E-state index >= 15 is 0 Å². The number of nitro groups is 1. The van der Waals surface area contributed by atoms with E-state index in [1.165, 1.54) is 15.7 Å². The van der Waals surface area contributed by atoms with Gasteiger partial charge in [0.05, 0.1) is 0 Å². The maximum Gasteiger partial charge on any atom is 0.393 e. The Morgan fingerprint density at radius 3 is 2.54 bits per heavy atom. The van der Waals surface area contributed by atoms with Gasteiger partial charge in [0.15, 0.2) is 0 Å². The summed E-state index contributed by atoms with van der Waals surface area (Å²) in [7, 11) is 0. The van der Waals surface area contributed by atoms with E-state index in [2.05, 4.69) is 4.98 Å². The highest BCUT2D eigenvalue weighted by Crippen LogP contribution is 2.33. The Balaban J connectivity index is 1.48. The number of ether oxygens (including phenoxy) is 2. The van der Waals surface area contributed by atoms with Crippen LogP contribution < -0.4 is 9.47 Å². The van der Waals surface area contributed by atoms with Crippen LogP contribution in [-0.2, 0) is 6.61 Å². The van der Waals surface area contributed by atoms with Crippen molar-refractivity contribution in [2.24, 2.45) is 0 Å². The molecule has 0 amide bonds. The molecular weight excluding hydrogens is 354 g/mol. The summed E-state index contributed by atoms with van der Waals surface area (Å²) in [6.45, 7) is 0.462. The molecule has 2 heterocycles. The molecule has 7 nitrogen and oxygen atoms in total. The molecule has 0 fully saturated rings. The molecule has 0 spiro atoms. The third-order valence-corrected chi connectivity index (χ3v) is 4.42. The quantitative estimate of drug-likeness (QED) is 0.365. The summed E-state index contributed by atoms with van der Waals surface area (Å²) < 4.78 is 12.7. The summed E-state index contributed by atoms with van der Waals surface area (Å²) in [4.78, 5) is 15.5. The monoisotopic (exact) mass is 367 g/mol. The van der Waals surface area contributed by atoms with Crippen LogP contribution in [-0.4, -0.2) is 14.3 Å². The summed E-state index contributed by atoms with van der Waals surface area (Å²) >= 11 is 1.30. The highest BCUT2D eigenvalue weighted by Gasteiger charge is 2.25. The van der Waals surface area contributed by atoms with Crippen LogP contribution in [0.2, 0.25) is 0 Å². The van der Waals surface area contributed by atoms with E-state index in [1.54, 1.807) is 35.8 Å². The first-order valence-corrected chi connectivity index (χ1v) is 8.63. The standard InChI is InChI=1S/C18H13N3O4S/c22-21(23)17-16(19-18-20(17)10-11-26-18)25-15-8-6-14(7-9-15)24-12-13-4-2-1-3-5-13/h1-11H,12H2. The zero-order valence-corrected chi connectivity index (χ0v) is 14.3. The maximum absolute atomic E-state index is 11.3. The molecule has 2 aromatic heterocycles. The van der Waals surface area contributed by atoms with Crippen molar-refractivity contribution in [1.82, 2.24) is 9.38 Å². The van der Waals surface area contributed by atoms with Crippen molar-refractivity contribution in [2.45, 2.75) is 6.61 Å². The summed E-state index contributed by atoms with van der Waals surface area (Å²) in [5.41, 5.74) is 1.07. The fraction of sp³-hybridized carbons (Fsp3) is 0.0556. The van der Waals surface area contributed by atoms with Crippen molar-refractivity contribution in [3.8, 4) is 17.4 Å². The number of benzene rings is 2. The Hall–Kier alpha value is -3.39. The zero-order chi connectivity index (χ0) is 17.9. The molecule has 4 rings (SSSR count). The van der Waals surface area contributed by atoms with Crippen molar-refractivity contribution in [3.63, 3.8) is 0 Å². The number of hydrogen-bond acceptors (Lipinski definition) is 6. The second-order valence-corrected chi connectivity index (χ2v) is 6.27. The van der Waals surface area contributed by atoms with Crippen LogP contribution in [0.25, 0.3) is 4.96 Å². The zero-order valence-electron chi connectivity index (χ0n) is 13.4. The second-order valence-electron chi connectivity index (χ2n) is 5.40. The van der Waals surface area contributed by atoms with Crippen LogP contribution in [0.4, 0.5) is 5.82 Å². The minimum Gasteiger partial charge on any atom is -0.489 e. The lowest BCUT2D eigenvalue weighted by atomic mass is 10.2. The van der Waals surface area contributed by atoms with Crippen LogP contribution in [0.1, 0.15) is 5.56 Å². The van der Waals surface area contributed by atoms with Crippen LogP contribution in [0, 0.1) is 10.1 Å². The van der Waals surface area contributed by atoms with Gasteiger partial charge in [0.1, 0.15) is 24.3 Å². The SMILES string of the molecule is O=[N+]([O-])c1c(Oc2ccc(OCc3ccccc3)cc2)nc2sccn12. The van der Waals surface area contributed by atoms with Crippen molar-refractivity contribution < 1.29 is 14.4 Å². The third-order valence-electron chi connectivity index (χ3n) is 3.67. The first-order chi connectivity index (χ1) is 12.7. The Morgan fingerprint density at radius 2 is 1.81 bits per heavy atom. The predicted octanol–water partition coefficient (Wildman–Crippen LogP) is 4.68. The van der Waals surface area contributed by atoms with Gasteiger partial charge in [-0.3, -0.25) is 0 Å². The lowest BCUT2D eigenvalue weighted by molar-refractivity contribution is -0.391. The summed E-state index contributed by atoms with van der Waals surface area (Å²) in [6.07, 6.45) is 1.60. The van der Waals surface area contributed by atoms with Gasteiger partial charge in [0.2, 0.25) is 0 Å². The fourth-order valence-electron chi connectivity index (χ4n) is 2.44. The fourth-order valence-corrected chi connectivity index (χ4v) is 3.15. The van der Waals surface area contributed by atoms with Gasteiger partial charge in [-0.25, -0.2) is 0 Å². The lowest BCUT2D eigenvalue weighted by Crippen LogP contribution is -1.96. The average molecular weight is 367 g/mol. The summed E-state index contributed by atoms with van der Waals surface area (Å²) in [5.74, 6) is 0.915. The minimum atomic E-state index is -0.501. The number of nitrogens with zero attached hydrogens (tertiary/aromatic N) is 3. The smallest absolute Gasteiger partial charge is 0.393 e. The van der Waals surface area contributed by atoms with Crippen molar-refractivity contribution in [3.05, 3.63) is 81.9 Å². The van der Waals surface area contributed by atoms with Gasteiger partial charge in [-0.2, -0.15) is 9.38 Å². The van der Waals surface area contributed by atoms with Gasteiger partial charge in [-0.1, -0.05) is 41.7 Å². The van der Waals surface area contributed by atoms with Crippen LogP contribution in [0.15, 0.2) is 66.2 Å². The number of rotatable bonds is 6. The summed E-state index contributed by atoms with van der Waals surface area (Å²) in [6, 6.07) is 16.7. The molecular formula is C18H13N3O4S. The first kappa shape index (κ1) is 16.1. The molecule has 2 aromatic carbocycles. The van der Waals surface area contributed by atoms with Gasteiger partial charge in [0.25, 0.3) is 4.96 Å². The maximum atomic E-state index is 11.3. The molecule has 4 aromatic rings. The van der Waals surface area contributed by atoms with Crippen molar-refractivity contribution in [2.75, 3.05) is 0 Å². The predicted molar refractivity (Wildman–Crippen MR) is 97.0 cm³/mol. The highest BCUT2D eigenvalue weighted by molar-refractivity contribution is 7.15. The Kier molecular flexibility index (Phi) is 4.24. The number of fused-ring (bicyclic) bond motifs is 1. The van der Waals surface area contributed by atoms with Crippen molar-refractivity contribution in [1.29, 1.82) is 0 Å². The van der Waals surface area contributed by atoms with Gasteiger partial charge >= 0.3 is 11.7 Å². The molecule has 0 unspecified atom stereocenters. The highest BCUT2D eigenvalue weighted by atomic mass is 32.1. The number of aromatic nitrogens is 2. The number of hydrogen-bond donors (Lipinski definition) is 0. The van der Waals surface area contributed by atoms with E-state index in [1.807, 2.05) is 30.3 Å². The molecule has 0 aliphatic heterocycles. The lowest BCUT2D eigenvalue weighted by Gasteiger charge is -2.07. The molecule has 0 atom stereocenters. The van der Waals surface area contributed by atoms with Crippen LogP contribution in [0.3, 0.4) is 0 Å². The Bertz CT molecular complexity index is 1040. The van der Waals surface area contributed by atoms with E-state index in [0.717, 1.165) is 5.56 Å². The van der Waals surface area contributed by atoms with Crippen LogP contribution in [0.5, 0.6) is 17.4 Å². The third kappa shape index (κ3) is 3.22. The van der Waals surface area contributed by atoms with E-state index in [-0.39, 0.29) is 11.7 Å². The molecule has 0 radical (unpaired) electrons. The van der Waals surface area contributed by atoms with E-state index in [4.69, 9.17) is 9.47 Å². The van der Waals surface area contributed by atoms with E-state index < -0.39 is 4.92 Å². The normalized spacial score (nSPS) is 10.8. The molecule has 130 valence electrons. The Labute approximate surface area is 152 Å². The largest absolute Gasteiger partial charge is 0.489 e. The summed E-state index contributed by atoms with van der Waals surface area (Å²) in [5, 5.41) is 13.0. The topological polar surface area (TPSA) is 78.9 Å². The van der Waals surface area contributed by atoms with Gasteiger partial charge in [-0.15, -0.1) is 0 Å². The van der Waals surface area contributed by atoms with Gasteiger partial charge in [-0.05, 0) is 34.8 Å². The Morgan fingerprint density at radius 1 is 1.08 bits per heavy atom. The number of imidazole rings is 1. The van der Waals surface area contributed by atoms with Gasteiger partial charge < -0.3 is 19.6 Å². The second kappa shape index (κ2) is 6.85. The molecule has 0 bridgehead atoms. The van der Waals surface area contributed by atoms with E-state index in [9.17, 15) is 10.1 Å². The molecule has 0 aliphatic rings. The molecule has 0 saturated carbocycles.